The van der Waals surface area contributed by atoms with E-state index < -0.39 is 6.10 Å². The monoisotopic (exact) mass is 487 g/mol. The number of halogens is 1. The van der Waals surface area contributed by atoms with E-state index in [2.05, 4.69) is 25.6 Å². The molecule has 1 aliphatic rings. The lowest BCUT2D eigenvalue weighted by Gasteiger charge is -2.22. The van der Waals surface area contributed by atoms with Crippen molar-refractivity contribution in [2.75, 3.05) is 18.8 Å². The molecule has 1 unspecified atom stereocenters. The minimum absolute atomic E-state index is 0.201. The summed E-state index contributed by atoms with van der Waals surface area (Å²) in [6.07, 6.45) is 12.2. The number of fused-ring (bicyclic) bond motifs is 1. The SMILES string of the molecule is CC(Oc1c(N)ncc2c(-c3cnn(C4CCNCC4)c3)coc12)c1cc(F)cc(-c2cn[nH]c2)c1. The lowest BCUT2D eigenvalue weighted by molar-refractivity contribution is 0.227. The number of hydrogen-bond donors (Lipinski definition) is 3. The lowest BCUT2D eigenvalue weighted by atomic mass is 10.0. The van der Waals surface area contributed by atoms with Crippen molar-refractivity contribution in [1.82, 2.24) is 30.3 Å². The molecule has 0 bridgehead atoms. The number of nitrogens with two attached hydrogens (primary N) is 1. The number of hydrogen-bond acceptors (Lipinski definition) is 7. The molecule has 0 spiro atoms. The van der Waals surface area contributed by atoms with Crippen LogP contribution in [-0.4, -0.2) is 38.1 Å². The summed E-state index contributed by atoms with van der Waals surface area (Å²) in [4.78, 5) is 4.36. The summed E-state index contributed by atoms with van der Waals surface area (Å²) in [7, 11) is 0. The van der Waals surface area contributed by atoms with Crippen LogP contribution in [0.15, 0.2) is 59.9 Å². The Hall–Kier alpha value is -4.18. The molecule has 1 fully saturated rings. The number of nitrogen functional groups attached to an aromatic ring is 1. The Bertz CT molecular complexity index is 1500. The number of pyridine rings is 1. The number of anilines is 1. The summed E-state index contributed by atoms with van der Waals surface area (Å²) >= 11 is 0. The van der Waals surface area contributed by atoms with E-state index in [9.17, 15) is 4.39 Å². The molecule has 5 aromatic rings. The molecule has 6 rings (SSSR count). The highest BCUT2D eigenvalue weighted by Gasteiger charge is 2.22. The van der Waals surface area contributed by atoms with E-state index in [0.29, 0.717) is 28.5 Å². The van der Waals surface area contributed by atoms with Gasteiger partial charge in [-0.15, -0.1) is 0 Å². The fourth-order valence-electron chi connectivity index (χ4n) is 4.73. The number of ether oxygens (including phenoxy) is 1. The largest absolute Gasteiger partial charge is 0.479 e. The molecule has 4 aromatic heterocycles. The Balaban J connectivity index is 1.31. The summed E-state index contributed by atoms with van der Waals surface area (Å²) < 4.78 is 28.6. The number of nitrogens with zero attached hydrogens (tertiary/aromatic N) is 4. The van der Waals surface area contributed by atoms with Crippen LogP contribution >= 0.6 is 0 Å². The standard InChI is InChI=1S/C26H26FN7O2/c1-15(16-6-17(8-20(27)7-16)18-9-31-32-10-18)36-25-24-22(12-30-26(25)28)23(14-35-24)19-11-33-34(13-19)21-2-4-29-5-3-21/h6-15,21,29H,2-5H2,1H3,(H2,28,30)(H,31,32). The molecule has 9 nitrogen and oxygen atoms in total. The molecule has 0 aliphatic carbocycles. The van der Waals surface area contributed by atoms with Crippen LogP contribution in [0.2, 0.25) is 0 Å². The van der Waals surface area contributed by atoms with Crippen LogP contribution < -0.4 is 15.8 Å². The summed E-state index contributed by atoms with van der Waals surface area (Å²) in [6.45, 7) is 3.82. The first-order chi connectivity index (χ1) is 17.6. The Labute approximate surface area is 206 Å². The van der Waals surface area contributed by atoms with Crippen LogP contribution in [0.25, 0.3) is 33.2 Å². The number of benzene rings is 1. The molecular formula is C26H26FN7O2. The number of piperidine rings is 1. The van der Waals surface area contributed by atoms with Crippen LogP contribution in [0.4, 0.5) is 10.2 Å². The quantitative estimate of drug-likeness (QED) is 0.313. The number of H-pyrrole nitrogens is 1. The first-order valence-corrected chi connectivity index (χ1v) is 11.9. The maximum atomic E-state index is 14.4. The van der Waals surface area contributed by atoms with Crippen LogP contribution in [0.1, 0.15) is 37.5 Å². The molecule has 0 amide bonds. The predicted molar refractivity (Wildman–Crippen MR) is 134 cm³/mol. The van der Waals surface area contributed by atoms with Gasteiger partial charge in [-0.3, -0.25) is 9.78 Å². The summed E-state index contributed by atoms with van der Waals surface area (Å²) in [5.74, 6) is 0.160. The van der Waals surface area contributed by atoms with Crippen molar-refractivity contribution in [1.29, 1.82) is 0 Å². The number of aromatic amines is 1. The van der Waals surface area contributed by atoms with Crippen molar-refractivity contribution >= 4 is 16.8 Å². The summed E-state index contributed by atoms with van der Waals surface area (Å²) in [6, 6.07) is 5.15. The van der Waals surface area contributed by atoms with Crippen molar-refractivity contribution in [2.24, 2.45) is 0 Å². The predicted octanol–water partition coefficient (Wildman–Crippen LogP) is 4.87. The molecule has 1 aliphatic heterocycles. The van der Waals surface area contributed by atoms with E-state index >= 15 is 0 Å². The number of aromatic nitrogens is 5. The van der Waals surface area contributed by atoms with E-state index in [4.69, 9.17) is 14.9 Å². The Morgan fingerprint density at radius 1 is 1.14 bits per heavy atom. The van der Waals surface area contributed by atoms with Gasteiger partial charge in [0.1, 0.15) is 18.2 Å². The van der Waals surface area contributed by atoms with E-state index in [-0.39, 0.29) is 11.6 Å². The molecule has 1 aromatic carbocycles. The molecule has 10 heteroatoms. The molecule has 36 heavy (non-hydrogen) atoms. The van der Waals surface area contributed by atoms with Gasteiger partial charge < -0.3 is 20.2 Å². The minimum atomic E-state index is -0.516. The molecule has 184 valence electrons. The topological polar surface area (TPSA) is 120 Å². The van der Waals surface area contributed by atoms with E-state index in [1.165, 1.54) is 12.1 Å². The lowest BCUT2D eigenvalue weighted by Crippen LogP contribution is -2.29. The van der Waals surface area contributed by atoms with Gasteiger partial charge in [0.05, 0.1) is 23.8 Å². The van der Waals surface area contributed by atoms with Gasteiger partial charge in [-0.05, 0) is 62.2 Å². The highest BCUT2D eigenvalue weighted by molar-refractivity contribution is 5.97. The van der Waals surface area contributed by atoms with Crippen molar-refractivity contribution in [3.63, 3.8) is 0 Å². The highest BCUT2D eigenvalue weighted by atomic mass is 19.1. The Morgan fingerprint density at radius 3 is 2.81 bits per heavy atom. The minimum Gasteiger partial charge on any atom is -0.479 e. The Morgan fingerprint density at radius 2 is 2.00 bits per heavy atom. The third kappa shape index (κ3) is 4.09. The summed E-state index contributed by atoms with van der Waals surface area (Å²) in [5.41, 5.74) is 10.6. The fraction of sp³-hybridized carbons (Fsp3) is 0.269. The van der Waals surface area contributed by atoms with E-state index in [0.717, 1.165) is 48.0 Å². The van der Waals surface area contributed by atoms with Gasteiger partial charge in [0.2, 0.25) is 5.75 Å². The van der Waals surface area contributed by atoms with Crippen LogP contribution in [-0.2, 0) is 0 Å². The number of nitrogens with one attached hydrogen (secondary N) is 2. The molecule has 1 saturated heterocycles. The van der Waals surface area contributed by atoms with Crippen molar-refractivity contribution in [3.8, 4) is 28.0 Å². The summed E-state index contributed by atoms with van der Waals surface area (Å²) in [5, 5.41) is 15.4. The average Bonchev–Trinajstić information content (AvgIpc) is 3.66. The second-order valence-electron chi connectivity index (χ2n) is 9.08. The molecule has 0 saturated carbocycles. The second kappa shape index (κ2) is 9.12. The normalized spacial score (nSPS) is 15.4. The van der Waals surface area contributed by atoms with Gasteiger partial charge >= 0.3 is 0 Å². The zero-order valence-electron chi connectivity index (χ0n) is 19.7. The van der Waals surface area contributed by atoms with Gasteiger partial charge in [-0.1, -0.05) is 0 Å². The van der Waals surface area contributed by atoms with E-state index in [1.807, 2.05) is 30.1 Å². The van der Waals surface area contributed by atoms with Crippen LogP contribution in [0.3, 0.4) is 0 Å². The zero-order valence-corrected chi connectivity index (χ0v) is 19.7. The maximum absolute atomic E-state index is 14.4. The first-order valence-electron chi connectivity index (χ1n) is 11.9. The Kier molecular flexibility index (Phi) is 5.65. The molecular weight excluding hydrogens is 461 g/mol. The van der Waals surface area contributed by atoms with Crippen molar-refractivity contribution < 1.29 is 13.5 Å². The smallest absolute Gasteiger partial charge is 0.205 e. The molecule has 0 radical (unpaired) electrons. The van der Waals surface area contributed by atoms with Crippen LogP contribution in [0, 0.1) is 5.82 Å². The third-order valence-electron chi connectivity index (χ3n) is 6.71. The fourth-order valence-corrected chi connectivity index (χ4v) is 4.73. The molecule has 4 N–H and O–H groups in total. The van der Waals surface area contributed by atoms with E-state index in [1.54, 1.807) is 24.9 Å². The van der Waals surface area contributed by atoms with Gasteiger partial charge in [0.15, 0.2) is 11.4 Å². The van der Waals surface area contributed by atoms with Gasteiger partial charge in [-0.25, -0.2) is 9.37 Å². The second-order valence-corrected chi connectivity index (χ2v) is 9.08. The number of rotatable bonds is 6. The van der Waals surface area contributed by atoms with Gasteiger partial charge in [-0.2, -0.15) is 10.2 Å². The third-order valence-corrected chi connectivity index (χ3v) is 6.71. The zero-order chi connectivity index (χ0) is 24.6. The van der Waals surface area contributed by atoms with Gasteiger partial charge in [0, 0.05) is 35.3 Å². The first kappa shape index (κ1) is 22.3. The highest BCUT2D eigenvalue weighted by Crippen LogP contribution is 2.40. The van der Waals surface area contributed by atoms with Crippen LogP contribution in [0.5, 0.6) is 5.75 Å². The molecule has 5 heterocycles. The number of furan rings is 1. The molecule has 1 atom stereocenters. The maximum Gasteiger partial charge on any atom is 0.205 e. The van der Waals surface area contributed by atoms with Crippen molar-refractivity contribution in [3.05, 3.63) is 66.8 Å². The average molecular weight is 488 g/mol. The van der Waals surface area contributed by atoms with Crippen molar-refractivity contribution in [2.45, 2.75) is 31.9 Å². The van der Waals surface area contributed by atoms with Gasteiger partial charge in [0.25, 0.3) is 0 Å².